The largest absolute Gasteiger partial charge is 0.497 e. The Morgan fingerprint density at radius 2 is 2.20 bits per heavy atom. The Labute approximate surface area is 91.6 Å². The zero-order chi connectivity index (χ0) is 10.8. The Morgan fingerprint density at radius 3 is 2.87 bits per heavy atom. The number of hydrogen-bond donors (Lipinski definition) is 1. The van der Waals surface area contributed by atoms with E-state index in [1.807, 2.05) is 7.05 Å². The van der Waals surface area contributed by atoms with Crippen molar-refractivity contribution in [3.63, 3.8) is 0 Å². The van der Waals surface area contributed by atoms with Crippen LogP contribution in [0.3, 0.4) is 0 Å². The van der Waals surface area contributed by atoms with Crippen molar-refractivity contribution in [2.45, 2.75) is 25.8 Å². The molecule has 0 aliphatic heterocycles. The number of rotatable bonds is 2. The lowest BCUT2D eigenvalue weighted by molar-refractivity contribution is 0.390. The number of nitrogens with one attached hydrogen (secondary N) is 1. The maximum atomic E-state index is 5.26. The summed E-state index contributed by atoms with van der Waals surface area (Å²) in [6, 6.07) is 6.94. The van der Waals surface area contributed by atoms with Crippen LogP contribution in [-0.4, -0.2) is 14.2 Å². The minimum absolute atomic E-state index is 0.509. The molecule has 15 heavy (non-hydrogen) atoms. The summed E-state index contributed by atoms with van der Waals surface area (Å²) >= 11 is 0. The van der Waals surface area contributed by atoms with E-state index in [2.05, 4.69) is 30.4 Å². The topological polar surface area (TPSA) is 21.3 Å². The maximum Gasteiger partial charge on any atom is 0.119 e. The average molecular weight is 205 g/mol. The first kappa shape index (κ1) is 10.5. The first-order valence-electron chi connectivity index (χ1n) is 5.58. The first-order valence-corrected chi connectivity index (χ1v) is 5.58. The summed E-state index contributed by atoms with van der Waals surface area (Å²) in [5.41, 5.74) is 2.88. The van der Waals surface area contributed by atoms with Crippen molar-refractivity contribution in [2.24, 2.45) is 5.92 Å². The van der Waals surface area contributed by atoms with Gasteiger partial charge in [-0.15, -0.1) is 0 Å². The molecule has 0 amide bonds. The number of methoxy groups -OCH3 is 1. The van der Waals surface area contributed by atoms with E-state index in [0.717, 1.165) is 11.7 Å². The molecule has 0 fully saturated rings. The van der Waals surface area contributed by atoms with Crippen molar-refractivity contribution in [1.29, 1.82) is 0 Å². The van der Waals surface area contributed by atoms with Crippen LogP contribution >= 0.6 is 0 Å². The molecule has 0 bridgehead atoms. The number of benzene rings is 1. The van der Waals surface area contributed by atoms with Crippen molar-refractivity contribution in [1.82, 2.24) is 5.32 Å². The molecule has 0 aromatic heterocycles. The van der Waals surface area contributed by atoms with Crippen LogP contribution in [0, 0.1) is 5.92 Å². The van der Waals surface area contributed by atoms with Gasteiger partial charge in [-0.3, -0.25) is 0 Å². The van der Waals surface area contributed by atoms with Gasteiger partial charge in [0.1, 0.15) is 5.75 Å². The predicted octanol–water partition coefficient (Wildman–Crippen LogP) is 2.54. The smallest absolute Gasteiger partial charge is 0.119 e. The molecule has 2 nitrogen and oxygen atoms in total. The summed E-state index contributed by atoms with van der Waals surface area (Å²) in [6.45, 7) is 2.31. The van der Waals surface area contributed by atoms with Gasteiger partial charge >= 0.3 is 0 Å². The fourth-order valence-corrected chi connectivity index (χ4v) is 2.49. The first-order chi connectivity index (χ1) is 7.24. The lowest BCUT2D eigenvalue weighted by Gasteiger charge is -2.29. The molecule has 1 aliphatic carbocycles. The van der Waals surface area contributed by atoms with Crippen LogP contribution < -0.4 is 10.1 Å². The molecule has 1 aromatic carbocycles. The molecule has 0 saturated carbocycles. The summed E-state index contributed by atoms with van der Waals surface area (Å²) < 4.78 is 5.26. The third kappa shape index (κ3) is 2.00. The minimum atomic E-state index is 0.509. The van der Waals surface area contributed by atoms with Gasteiger partial charge in [0.25, 0.3) is 0 Å². The monoisotopic (exact) mass is 205 g/mol. The Bertz CT molecular complexity index is 348. The van der Waals surface area contributed by atoms with E-state index >= 15 is 0 Å². The Hall–Kier alpha value is -1.02. The molecule has 82 valence electrons. The lowest BCUT2D eigenvalue weighted by atomic mass is 9.81. The van der Waals surface area contributed by atoms with Gasteiger partial charge in [-0.25, -0.2) is 0 Å². The molecule has 2 atom stereocenters. The summed E-state index contributed by atoms with van der Waals surface area (Å²) in [5, 5.41) is 3.39. The van der Waals surface area contributed by atoms with Crippen molar-refractivity contribution in [2.75, 3.05) is 14.2 Å². The van der Waals surface area contributed by atoms with Gasteiger partial charge in [-0.2, -0.15) is 0 Å². The highest BCUT2D eigenvalue weighted by molar-refractivity contribution is 5.39. The summed E-state index contributed by atoms with van der Waals surface area (Å²) in [7, 11) is 3.76. The van der Waals surface area contributed by atoms with Gasteiger partial charge in [0.2, 0.25) is 0 Å². The Balaban J connectivity index is 2.37. The van der Waals surface area contributed by atoms with E-state index in [0.29, 0.717) is 6.04 Å². The quantitative estimate of drug-likeness (QED) is 0.801. The molecule has 0 spiro atoms. The van der Waals surface area contributed by atoms with Gasteiger partial charge < -0.3 is 10.1 Å². The highest BCUT2D eigenvalue weighted by Gasteiger charge is 2.23. The van der Waals surface area contributed by atoms with Gasteiger partial charge in [0.15, 0.2) is 0 Å². The van der Waals surface area contributed by atoms with Crippen molar-refractivity contribution in [3.8, 4) is 5.75 Å². The second-order valence-electron chi connectivity index (χ2n) is 4.45. The molecule has 1 aromatic rings. The Kier molecular flexibility index (Phi) is 2.96. The second-order valence-corrected chi connectivity index (χ2v) is 4.45. The van der Waals surface area contributed by atoms with Crippen molar-refractivity contribution in [3.05, 3.63) is 29.3 Å². The van der Waals surface area contributed by atoms with E-state index in [-0.39, 0.29) is 0 Å². The normalized spacial score (nSPS) is 24.7. The maximum absolute atomic E-state index is 5.26. The van der Waals surface area contributed by atoms with Gasteiger partial charge in [0.05, 0.1) is 7.11 Å². The second kappa shape index (κ2) is 4.23. The molecular formula is C13H19NO. The van der Waals surface area contributed by atoms with Gasteiger partial charge in [-0.1, -0.05) is 13.0 Å². The van der Waals surface area contributed by atoms with Crippen LogP contribution in [0.15, 0.2) is 18.2 Å². The molecule has 0 radical (unpaired) electrons. The Morgan fingerprint density at radius 1 is 1.40 bits per heavy atom. The van der Waals surface area contributed by atoms with Gasteiger partial charge in [-0.05, 0) is 49.1 Å². The van der Waals surface area contributed by atoms with Crippen LogP contribution in [0.1, 0.15) is 30.5 Å². The third-order valence-corrected chi connectivity index (χ3v) is 3.28. The fourth-order valence-electron chi connectivity index (χ4n) is 2.49. The number of hydrogen-bond acceptors (Lipinski definition) is 2. The zero-order valence-electron chi connectivity index (χ0n) is 9.71. The number of fused-ring (bicyclic) bond motifs is 1. The molecule has 2 unspecified atom stereocenters. The lowest BCUT2D eigenvalue weighted by Crippen LogP contribution is -2.25. The van der Waals surface area contributed by atoms with E-state index in [4.69, 9.17) is 4.74 Å². The van der Waals surface area contributed by atoms with E-state index in [1.54, 1.807) is 7.11 Å². The van der Waals surface area contributed by atoms with Crippen LogP contribution in [0.4, 0.5) is 0 Å². The van der Waals surface area contributed by atoms with Crippen LogP contribution in [0.5, 0.6) is 5.75 Å². The standard InChI is InChI=1S/C13H19NO/c1-9-6-10-8-11(15-3)4-5-12(10)13(7-9)14-2/h4-5,8-9,13-14H,6-7H2,1-3H3. The molecule has 0 saturated heterocycles. The van der Waals surface area contributed by atoms with Crippen LogP contribution in [-0.2, 0) is 6.42 Å². The average Bonchev–Trinajstić information content (AvgIpc) is 2.26. The summed E-state index contributed by atoms with van der Waals surface area (Å²) in [4.78, 5) is 0. The minimum Gasteiger partial charge on any atom is -0.497 e. The zero-order valence-corrected chi connectivity index (χ0v) is 9.71. The molecule has 2 rings (SSSR count). The third-order valence-electron chi connectivity index (χ3n) is 3.28. The molecule has 1 aliphatic rings. The summed E-state index contributed by atoms with van der Waals surface area (Å²) in [5.74, 6) is 1.72. The SMILES string of the molecule is CNC1CC(C)Cc2cc(OC)ccc21. The van der Waals surface area contributed by atoms with Crippen molar-refractivity contribution < 1.29 is 4.74 Å². The molecule has 1 N–H and O–H groups in total. The summed E-state index contributed by atoms with van der Waals surface area (Å²) in [6.07, 6.45) is 2.40. The van der Waals surface area contributed by atoms with E-state index < -0.39 is 0 Å². The highest BCUT2D eigenvalue weighted by atomic mass is 16.5. The van der Waals surface area contributed by atoms with E-state index in [1.165, 1.54) is 24.0 Å². The van der Waals surface area contributed by atoms with E-state index in [9.17, 15) is 0 Å². The van der Waals surface area contributed by atoms with Gasteiger partial charge in [0, 0.05) is 6.04 Å². The molecular weight excluding hydrogens is 186 g/mol. The number of ether oxygens (including phenoxy) is 1. The molecule has 2 heteroatoms. The molecule has 0 heterocycles. The predicted molar refractivity (Wildman–Crippen MR) is 62.3 cm³/mol. The van der Waals surface area contributed by atoms with Crippen LogP contribution in [0.2, 0.25) is 0 Å². The van der Waals surface area contributed by atoms with Crippen LogP contribution in [0.25, 0.3) is 0 Å². The fraction of sp³-hybridized carbons (Fsp3) is 0.538. The van der Waals surface area contributed by atoms with Crippen molar-refractivity contribution >= 4 is 0 Å². The highest BCUT2D eigenvalue weighted by Crippen LogP contribution is 2.34.